The summed E-state index contributed by atoms with van der Waals surface area (Å²) < 4.78 is 11.6. The Labute approximate surface area is 179 Å². The van der Waals surface area contributed by atoms with Crippen LogP contribution in [0.4, 0.5) is 0 Å². The number of nitrogens with one attached hydrogen (secondary N) is 1. The molecule has 1 aromatic carbocycles. The van der Waals surface area contributed by atoms with Crippen LogP contribution in [0, 0.1) is 6.92 Å². The SMILES string of the molecule is Cc1ccc(C(C)C)cc1OCCCCCCNCC1CCCO1.O=C(O)C(=O)O. The van der Waals surface area contributed by atoms with Crippen LogP contribution in [-0.4, -0.2) is 54.6 Å². The van der Waals surface area contributed by atoms with Crippen LogP contribution in [0.3, 0.4) is 0 Å². The van der Waals surface area contributed by atoms with Gasteiger partial charge in [-0.3, -0.25) is 0 Å². The van der Waals surface area contributed by atoms with Crippen LogP contribution in [0.5, 0.6) is 5.75 Å². The Morgan fingerprint density at radius 1 is 1.17 bits per heavy atom. The summed E-state index contributed by atoms with van der Waals surface area (Å²) >= 11 is 0. The number of ether oxygens (including phenoxy) is 2. The average Bonchev–Trinajstić information content (AvgIpc) is 3.21. The minimum atomic E-state index is -1.82. The second-order valence-corrected chi connectivity index (χ2v) is 7.89. The standard InChI is InChI=1S/C21H35NO2.C2H2O4/c1-17(2)19-11-10-18(3)21(15-19)24-13-7-5-4-6-12-22-16-20-9-8-14-23-20;3-1(4)2(5)6/h10-11,15,17,20,22H,4-9,12-14,16H2,1-3H3;(H,3,4)(H,5,6). The van der Waals surface area contributed by atoms with E-state index in [1.54, 1.807) is 0 Å². The highest BCUT2D eigenvalue weighted by atomic mass is 16.5. The van der Waals surface area contributed by atoms with Gasteiger partial charge in [-0.1, -0.05) is 38.8 Å². The molecule has 170 valence electrons. The second kappa shape index (κ2) is 14.8. The summed E-state index contributed by atoms with van der Waals surface area (Å²) in [5, 5.41) is 18.3. The Balaban J connectivity index is 0.000000656. The third-order valence-electron chi connectivity index (χ3n) is 4.96. The van der Waals surface area contributed by atoms with Crippen molar-refractivity contribution in [1.29, 1.82) is 0 Å². The number of carbonyl (C=O) groups is 2. The van der Waals surface area contributed by atoms with E-state index in [4.69, 9.17) is 29.3 Å². The summed E-state index contributed by atoms with van der Waals surface area (Å²) in [5.41, 5.74) is 2.59. The number of benzene rings is 1. The molecule has 0 spiro atoms. The van der Waals surface area contributed by atoms with E-state index in [9.17, 15) is 0 Å². The largest absolute Gasteiger partial charge is 0.493 e. The fraction of sp³-hybridized carbons (Fsp3) is 0.652. The van der Waals surface area contributed by atoms with Crippen molar-refractivity contribution in [1.82, 2.24) is 5.32 Å². The lowest BCUT2D eigenvalue weighted by Gasteiger charge is -2.13. The van der Waals surface area contributed by atoms with Crippen molar-refractivity contribution in [2.24, 2.45) is 0 Å². The third kappa shape index (κ3) is 11.2. The number of rotatable bonds is 11. The van der Waals surface area contributed by atoms with E-state index in [1.807, 2.05) is 0 Å². The molecule has 3 N–H and O–H groups in total. The molecule has 1 aromatic rings. The topological polar surface area (TPSA) is 105 Å². The summed E-state index contributed by atoms with van der Waals surface area (Å²) in [4.78, 5) is 18.2. The Kier molecular flexibility index (Phi) is 12.8. The van der Waals surface area contributed by atoms with Gasteiger partial charge in [-0.25, -0.2) is 9.59 Å². The van der Waals surface area contributed by atoms with Gasteiger partial charge in [-0.15, -0.1) is 0 Å². The molecule has 1 unspecified atom stereocenters. The lowest BCUT2D eigenvalue weighted by atomic mass is 10.0. The predicted octanol–water partition coefficient (Wildman–Crippen LogP) is 3.98. The molecule has 0 aliphatic carbocycles. The van der Waals surface area contributed by atoms with Gasteiger partial charge >= 0.3 is 11.9 Å². The first-order valence-corrected chi connectivity index (χ1v) is 10.8. The molecule has 2 rings (SSSR count). The first-order valence-electron chi connectivity index (χ1n) is 10.8. The van der Waals surface area contributed by atoms with Crippen molar-refractivity contribution in [3.05, 3.63) is 29.3 Å². The number of hydrogen-bond acceptors (Lipinski definition) is 5. The van der Waals surface area contributed by atoms with Crippen molar-refractivity contribution in [2.75, 3.05) is 26.3 Å². The number of carboxylic acid groups (broad SMARTS) is 2. The van der Waals surface area contributed by atoms with Gasteiger partial charge in [0, 0.05) is 13.2 Å². The molecular weight excluding hydrogens is 386 g/mol. The van der Waals surface area contributed by atoms with Crippen LogP contribution in [0.25, 0.3) is 0 Å². The smallest absolute Gasteiger partial charge is 0.414 e. The Morgan fingerprint density at radius 3 is 2.47 bits per heavy atom. The van der Waals surface area contributed by atoms with Crippen LogP contribution in [0.2, 0.25) is 0 Å². The maximum Gasteiger partial charge on any atom is 0.414 e. The van der Waals surface area contributed by atoms with E-state index in [0.29, 0.717) is 12.0 Å². The van der Waals surface area contributed by atoms with E-state index < -0.39 is 11.9 Å². The maximum atomic E-state index is 9.10. The monoisotopic (exact) mass is 423 g/mol. The van der Waals surface area contributed by atoms with E-state index in [1.165, 1.54) is 43.2 Å². The zero-order chi connectivity index (χ0) is 22.4. The lowest BCUT2D eigenvalue weighted by molar-refractivity contribution is -0.159. The third-order valence-corrected chi connectivity index (χ3v) is 4.96. The Hall–Kier alpha value is -2.12. The molecule has 0 radical (unpaired) electrons. The van der Waals surface area contributed by atoms with E-state index in [-0.39, 0.29) is 0 Å². The Morgan fingerprint density at radius 2 is 1.87 bits per heavy atom. The highest BCUT2D eigenvalue weighted by molar-refractivity contribution is 6.27. The van der Waals surface area contributed by atoms with Crippen molar-refractivity contribution < 1.29 is 29.3 Å². The molecule has 1 aliphatic rings. The van der Waals surface area contributed by atoms with Crippen molar-refractivity contribution in [2.45, 2.75) is 71.3 Å². The lowest BCUT2D eigenvalue weighted by Crippen LogP contribution is -2.26. The molecule has 1 saturated heterocycles. The van der Waals surface area contributed by atoms with E-state index in [0.717, 1.165) is 38.5 Å². The zero-order valence-electron chi connectivity index (χ0n) is 18.5. The van der Waals surface area contributed by atoms with Gasteiger partial charge in [0.1, 0.15) is 5.75 Å². The summed E-state index contributed by atoms with van der Waals surface area (Å²) in [5.74, 6) is -2.04. The van der Waals surface area contributed by atoms with Gasteiger partial charge in [0.05, 0.1) is 12.7 Å². The minimum Gasteiger partial charge on any atom is -0.493 e. The molecule has 1 aliphatic heterocycles. The van der Waals surface area contributed by atoms with Crippen LogP contribution in [0.1, 0.15) is 69.4 Å². The predicted molar refractivity (Wildman–Crippen MR) is 116 cm³/mol. The molecule has 0 saturated carbocycles. The average molecular weight is 424 g/mol. The highest BCUT2D eigenvalue weighted by Crippen LogP contribution is 2.24. The molecule has 1 atom stereocenters. The van der Waals surface area contributed by atoms with Gasteiger partial charge < -0.3 is 25.0 Å². The first kappa shape index (κ1) is 25.9. The summed E-state index contributed by atoms with van der Waals surface area (Å²) in [6.45, 7) is 10.5. The number of aliphatic carboxylic acids is 2. The molecule has 1 heterocycles. The molecule has 1 fully saturated rings. The van der Waals surface area contributed by atoms with Crippen LogP contribution in [-0.2, 0) is 14.3 Å². The molecule has 7 nitrogen and oxygen atoms in total. The maximum absolute atomic E-state index is 9.10. The van der Waals surface area contributed by atoms with E-state index >= 15 is 0 Å². The quantitative estimate of drug-likeness (QED) is 0.365. The van der Waals surface area contributed by atoms with Crippen molar-refractivity contribution in [3.63, 3.8) is 0 Å². The summed E-state index contributed by atoms with van der Waals surface area (Å²) in [7, 11) is 0. The normalized spacial score (nSPS) is 15.5. The van der Waals surface area contributed by atoms with Gasteiger partial charge in [0.25, 0.3) is 0 Å². The molecule has 30 heavy (non-hydrogen) atoms. The second-order valence-electron chi connectivity index (χ2n) is 7.89. The van der Waals surface area contributed by atoms with Crippen LogP contribution in [0.15, 0.2) is 18.2 Å². The molecule has 0 bridgehead atoms. The number of unbranched alkanes of at least 4 members (excludes halogenated alkanes) is 3. The fourth-order valence-corrected chi connectivity index (χ4v) is 3.09. The summed E-state index contributed by atoms with van der Waals surface area (Å²) in [6, 6.07) is 6.58. The minimum absolute atomic E-state index is 0.461. The van der Waals surface area contributed by atoms with Crippen molar-refractivity contribution >= 4 is 11.9 Å². The first-order chi connectivity index (χ1) is 14.3. The molecule has 7 heteroatoms. The fourth-order valence-electron chi connectivity index (χ4n) is 3.09. The zero-order valence-corrected chi connectivity index (χ0v) is 18.5. The van der Waals surface area contributed by atoms with Gasteiger partial charge in [0.2, 0.25) is 0 Å². The van der Waals surface area contributed by atoms with E-state index in [2.05, 4.69) is 44.3 Å². The molecule has 0 aromatic heterocycles. The Bertz CT molecular complexity index is 629. The van der Waals surface area contributed by atoms with Crippen LogP contribution >= 0.6 is 0 Å². The number of hydrogen-bond donors (Lipinski definition) is 3. The number of carboxylic acids is 2. The van der Waals surface area contributed by atoms with Gasteiger partial charge in [-0.05, 0) is 62.3 Å². The highest BCUT2D eigenvalue weighted by Gasteiger charge is 2.14. The summed E-state index contributed by atoms with van der Waals surface area (Å²) in [6.07, 6.45) is 7.81. The molecule has 0 amide bonds. The van der Waals surface area contributed by atoms with Crippen LogP contribution < -0.4 is 10.1 Å². The number of aryl methyl sites for hydroxylation is 1. The van der Waals surface area contributed by atoms with Crippen molar-refractivity contribution in [3.8, 4) is 5.75 Å². The molecular formula is C23H37NO6. The van der Waals surface area contributed by atoms with Gasteiger partial charge in [0.15, 0.2) is 0 Å². The van der Waals surface area contributed by atoms with Gasteiger partial charge in [-0.2, -0.15) is 0 Å².